The van der Waals surface area contributed by atoms with Gasteiger partial charge in [0.1, 0.15) is 6.61 Å². The van der Waals surface area contributed by atoms with Gasteiger partial charge in [0.15, 0.2) is 19.0 Å². The number of ether oxygens (including phenoxy) is 3. The second-order valence-corrected chi connectivity index (χ2v) is 6.38. The molecular formula is C18H22O6. The monoisotopic (exact) mass is 334 g/mol. The van der Waals surface area contributed by atoms with Gasteiger partial charge >= 0.3 is 11.9 Å². The van der Waals surface area contributed by atoms with Crippen molar-refractivity contribution in [3.63, 3.8) is 0 Å². The molecule has 1 unspecified atom stereocenters. The molecule has 2 atom stereocenters. The van der Waals surface area contributed by atoms with Crippen molar-refractivity contribution in [2.75, 3.05) is 6.79 Å². The Kier molecular flexibility index (Phi) is 5.48. The number of carbonyl (C=O) groups is 2. The van der Waals surface area contributed by atoms with Crippen LogP contribution in [0.25, 0.3) is 0 Å². The zero-order valence-electron chi connectivity index (χ0n) is 13.4. The average Bonchev–Trinajstić information content (AvgIpc) is 3.49. The molecule has 24 heavy (non-hydrogen) atoms. The smallest absolute Gasteiger partial charge is 0.337 e. The van der Waals surface area contributed by atoms with Crippen LogP contribution in [0.5, 0.6) is 0 Å². The maximum absolute atomic E-state index is 12.2. The van der Waals surface area contributed by atoms with Gasteiger partial charge in [-0.25, -0.2) is 9.59 Å². The van der Waals surface area contributed by atoms with E-state index in [2.05, 4.69) is 0 Å². The van der Waals surface area contributed by atoms with Crippen molar-refractivity contribution in [3.05, 3.63) is 35.9 Å². The fourth-order valence-electron chi connectivity index (χ4n) is 2.46. The lowest BCUT2D eigenvalue weighted by molar-refractivity contribution is -0.183. The Balaban J connectivity index is 1.42. The van der Waals surface area contributed by atoms with Crippen LogP contribution in [0.2, 0.25) is 0 Å². The SMILES string of the molecule is O=C(OCO[C@@H](C(=O)OCc1ccccc1)C1CC1)C(O)C1CC1. The molecule has 0 aliphatic heterocycles. The summed E-state index contributed by atoms with van der Waals surface area (Å²) in [6, 6.07) is 9.40. The molecule has 3 rings (SSSR count). The van der Waals surface area contributed by atoms with Gasteiger partial charge < -0.3 is 19.3 Å². The summed E-state index contributed by atoms with van der Waals surface area (Å²) in [7, 11) is 0. The van der Waals surface area contributed by atoms with Crippen LogP contribution in [0.1, 0.15) is 31.2 Å². The van der Waals surface area contributed by atoms with Crippen LogP contribution in [0.15, 0.2) is 30.3 Å². The zero-order chi connectivity index (χ0) is 16.9. The third-order valence-corrected chi connectivity index (χ3v) is 4.27. The number of rotatable bonds is 9. The molecule has 1 aromatic carbocycles. The summed E-state index contributed by atoms with van der Waals surface area (Å²) in [6.07, 6.45) is 1.66. The molecule has 6 heteroatoms. The summed E-state index contributed by atoms with van der Waals surface area (Å²) < 4.78 is 15.6. The third kappa shape index (κ3) is 4.79. The minimum atomic E-state index is -1.09. The van der Waals surface area contributed by atoms with Gasteiger partial charge in [-0.05, 0) is 43.1 Å². The molecule has 2 fully saturated rings. The first-order chi connectivity index (χ1) is 11.6. The number of carbonyl (C=O) groups excluding carboxylic acids is 2. The van der Waals surface area contributed by atoms with E-state index in [0.717, 1.165) is 31.2 Å². The van der Waals surface area contributed by atoms with Crippen LogP contribution in [0.4, 0.5) is 0 Å². The van der Waals surface area contributed by atoms with Crippen molar-refractivity contribution in [3.8, 4) is 0 Å². The molecule has 1 N–H and O–H groups in total. The first kappa shape index (κ1) is 16.9. The van der Waals surface area contributed by atoms with Crippen LogP contribution >= 0.6 is 0 Å². The van der Waals surface area contributed by atoms with E-state index in [-0.39, 0.29) is 25.2 Å². The zero-order valence-corrected chi connectivity index (χ0v) is 13.4. The van der Waals surface area contributed by atoms with E-state index >= 15 is 0 Å². The van der Waals surface area contributed by atoms with Crippen molar-refractivity contribution in [2.24, 2.45) is 11.8 Å². The van der Waals surface area contributed by atoms with Gasteiger partial charge in [-0.15, -0.1) is 0 Å². The van der Waals surface area contributed by atoms with Gasteiger partial charge in [0.05, 0.1) is 0 Å². The summed E-state index contributed by atoms with van der Waals surface area (Å²) in [5.41, 5.74) is 0.902. The molecule has 1 aromatic rings. The second kappa shape index (κ2) is 7.77. The average molecular weight is 334 g/mol. The summed E-state index contributed by atoms with van der Waals surface area (Å²) in [4.78, 5) is 23.8. The standard InChI is InChI=1S/C18H22O6/c19-15(13-6-7-13)17(20)24-11-23-16(14-8-9-14)18(21)22-10-12-4-2-1-3-5-12/h1-5,13-16,19H,6-11H2/t15?,16-/m1/s1. The lowest BCUT2D eigenvalue weighted by Crippen LogP contribution is -2.32. The van der Waals surface area contributed by atoms with E-state index in [4.69, 9.17) is 14.2 Å². The minimum absolute atomic E-state index is 0.00701. The van der Waals surface area contributed by atoms with Crippen LogP contribution in [0, 0.1) is 11.8 Å². The highest BCUT2D eigenvalue weighted by Crippen LogP contribution is 2.35. The van der Waals surface area contributed by atoms with E-state index in [1.165, 1.54) is 0 Å². The maximum Gasteiger partial charge on any atom is 0.337 e. The number of hydrogen-bond donors (Lipinski definition) is 1. The number of aliphatic hydroxyl groups excluding tert-OH is 1. The highest BCUT2D eigenvalue weighted by atomic mass is 16.7. The molecule has 0 saturated heterocycles. The van der Waals surface area contributed by atoms with Crippen LogP contribution in [-0.2, 0) is 30.4 Å². The number of benzene rings is 1. The lowest BCUT2D eigenvalue weighted by Gasteiger charge is -2.17. The van der Waals surface area contributed by atoms with Gasteiger partial charge in [-0.2, -0.15) is 0 Å². The predicted molar refractivity (Wildman–Crippen MR) is 83.5 cm³/mol. The molecule has 2 aliphatic carbocycles. The summed E-state index contributed by atoms with van der Waals surface area (Å²) in [5, 5.41) is 9.64. The second-order valence-electron chi connectivity index (χ2n) is 6.38. The fraction of sp³-hybridized carbons (Fsp3) is 0.556. The Morgan fingerprint density at radius 3 is 2.29 bits per heavy atom. The van der Waals surface area contributed by atoms with Gasteiger partial charge in [-0.3, -0.25) is 0 Å². The van der Waals surface area contributed by atoms with Crippen molar-refractivity contribution >= 4 is 11.9 Å². The number of aliphatic hydroxyl groups is 1. The van der Waals surface area contributed by atoms with Crippen molar-refractivity contribution in [1.29, 1.82) is 0 Å². The van der Waals surface area contributed by atoms with Crippen LogP contribution in [0.3, 0.4) is 0 Å². The molecule has 0 amide bonds. The quantitative estimate of drug-likeness (QED) is 0.548. The van der Waals surface area contributed by atoms with Crippen LogP contribution in [-0.4, -0.2) is 36.0 Å². The highest BCUT2D eigenvalue weighted by Gasteiger charge is 2.39. The molecule has 0 bridgehead atoms. The molecule has 0 heterocycles. The Bertz CT molecular complexity index is 564. The Morgan fingerprint density at radius 1 is 1.00 bits per heavy atom. The van der Waals surface area contributed by atoms with Gasteiger partial charge in [0.2, 0.25) is 0 Å². The molecule has 2 saturated carbocycles. The summed E-state index contributed by atoms with van der Waals surface area (Å²) in [5.74, 6) is -1.02. The molecule has 2 aliphatic rings. The Morgan fingerprint density at radius 2 is 1.67 bits per heavy atom. The fourth-order valence-corrected chi connectivity index (χ4v) is 2.46. The Labute approximate surface area is 140 Å². The first-order valence-corrected chi connectivity index (χ1v) is 8.32. The molecule has 0 aromatic heterocycles. The molecular weight excluding hydrogens is 312 g/mol. The minimum Gasteiger partial charge on any atom is -0.459 e. The van der Waals surface area contributed by atoms with Crippen molar-refractivity contribution < 1.29 is 28.9 Å². The molecule has 0 radical (unpaired) electrons. The van der Waals surface area contributed by atoms with E-state index in [9.17, 15) is 14.7 Å². The summed E-state index contributed by atoms with van der Waals surface area (Å²) in [6.45, 7) is -0.156. The van der Waals surface area contributed by atoms with E-state index in [1.54, 1.807) is 0 Å². The molecule has 130 valence electrons. The molecule has 0 spiro atoms. The lowest BCUT2D eigenvalue weighted by atomic mass is 10.2. The maximum atomic E-state index is 12.2. The first-order valence-electron chi connectivity index (χ1n) is 8.32. The van der Waals surface area contributed by atoms with Gasteiger partial charge in [0, 0.05) is 0 Å². The summed E-state index contributed by atoms with van der Waals surface area (Å²) >= 11 is 0. The predicted octanol–water partition coefficient (Wildman–Crippen LogP) is 1.80. The highest BCUT2D eigenvalue weighted by molar-refractivity contribution is 5.76. The van der Waals surface area contributed by atoms with Crippen LogP contribution < -0.4 is 0 Å². The topological polar surface area (TPSA) is 82.1 Å². The Hall–Kier alpha value is -1.92. The van der Waals surface area contributed by atoms with Gasteiger partial charge in [0.25, 0.3) is 0 Å². The van der Waals surface area contributed by atoms with E-state index in [0.29, 0.717) is 0 Å². The third-order valence-electron chi connectivity index (χ3n) is 4.27. The van der Waals surface area contributed by atoms with Gasteiger partial charge in [-0.1, -0.05) is 30.3 Å². The van der Waals surface area contributed by atoms with Crippen molar-refractivity contribution in [1.82, 2.24) is 0 Å². The number of hydrogen-bond acceptors (Lipinski definition) is 6. The normalized spacial score (nSPS) is 19.4. The number of esters is 2. The molecule has 6 nitrogen and oxygen atoms in total. The largest absolute Gasteiger partial charge is 0.459 e. The van der Waals surface area contributed by atoms with E-state index < -0.39 is 24.1 Å². The van der Waals surface area contributed by atoms with E-state index in [1.807, 2.05) is 30.3 Å². The van der Waals surface area contributed by atoms with Crippen molar-refractivity contribution in [2.45, 2.75) is 44.5 Å².